The zero-order valence-electron chi connectivity index (χ0n) is 10.7. The van der Waals surface area contributed by atoms with Crippen molar-refractivity contribution in [2.45, 2.75) is 61.7 Å². The molecule has 0 bridgehead atoms. The summed E-state index contributed by atoms with van der Waals surface area (Å²) in [5.74, 6) is 0. The average molecular weight is 359 g/mol. The van der Waals surface area contributed by atoms with Gasteiger partial charge in [-0.15, -0.1) is 0 Å². The van der Waals surface area contributed by atoms with Crippen LogP contribution in [0.4, 0.5) is 0 Å². The van der Waals surface area contributed by atoms with Crippen molar-refractivity contribution in [1.29, 1.82) is 0 Å². The zero-order chi connectivity index (χ0) is 12.8. The summed E-state index contributed by atoms with van der Waals surface area (Å²) in [6.07, 6.45) is 1.75. The SMILES string of the molecule is CC(C)(I)C1CCCN(C(C)(C)C)S1(=O)=O. The van der Waals surface area contributed by atoms with E-state index in [1.165, 1.54) is 0 Å². The smallest absolute Gasteiger partial charge is 0.212 e. The molecule has 96 valence electrons. The third kappa shape index (κ3) is 2.90. The van der Waals surface area contributed by atoms with Gasteiger partial charge in [-0.2, -0.15) is 4.31 Å². The van der Waals surface area contributed by atoms with Crippen molar-refractivity contribution in [1.82, 2.24) is 4.31 Å². The van der Waals surface area contributed by atoms with Crippen LogP contribution in [0.1, 0.15) is 47.5 Å². The van der Waals surface area contributed by atoms with Crippen LogP contribution in [-0.2, 0) is 10.0 Å². The highest BCUT2D eigenvalue weighted by Crippen LogP contribution is 2.37. The Kier molecular flexibility index (Phi) is 4.03. The molecule has 0 aliphatic carbocycles. The minimum Gasteiger partial charge on any atom is -0.212 e. The molecule has 0 amide bonds. The zero-order valence-corrected chi connectivity index (χ0v) is 13.7. The van der Waals surface area contributed by atoms with Crippen LogP contribution in [-0.4, -0.2) is 33.5 Å². The lowest BCUT2D eigenvalue weighted by Gasteiger charge is -2.43. The molecule has 1 unspecified atom stereocenters. The largest absolute Gasteiger partial charge is 0.218 e. The lowest BCUT2D eigenvalue weighted by Crippen LogP contribution is -2.56. The van der Waals surface area contributed by atoms with E-state index >= 15 is 0 Å². The molecule has 1 fully saturated rings. The molecule has 3 nitrogen and oxygen atoms in total. The number of hydrogen-bond acceptors (Lipinski definition) is 2. The molecule has 16 heavy (non-hydrogen) atoms. The Morgan fingerprint density at radius 1 is 1.19 bits per heavy atom. The molecule has 1 aliphatic heterocycles. The fraction of sp³-hybridized carbons (Fsp3) is 1.00. The lowest BCUT2D eigenvalue weighted by molar-refractivity contribution is 0.225. The van der Waals surface area contributed by atoms with Gasteiger partial charge in [0.25, 0.3) is 0 Å². The quantitative estimate of drug-likeness (QED) is 0.533. The fourth-order valence-corrected chi connectivity index (χ4v) is 6.17. The predicted octanol–water partition coefficient (Wildman–Crippen LogP) is 2.79. The molecular formula is C11H22INO2S. The molecule has 0 aromatic rings. The monoisotopic (exact) mass is 359 g/mol. The van der Waals surface area contributed by atoms with Crippen LogP contribution >= 0.6 is 22.6 Å². The number of halogens is 1. The molecule has 1 aliphatic rings. The first kappa shape index (κ1) is 14.7. The number of sulfonamides is 1. The molecule has 0 spiro atoms. The van der Waals surface area contributed by atoms with Crippen LogP contribution in [0.2, 0.25) is 0 Å². The summed E-state index contributed by atoms with van der Waals surface area (Å²) in [6.45, 7) is 10.6. The fourth-order valence-electron chi connectivity index (χ4n) is 2.26. The first-order valence-corrected chi connectivity index (χ1v) is 8.26. The van der Waals surface area contributed by atoms with Crippen LogP contribution in [0, 0.1) is 0 Å². The number of alkyl halides is 1. The summed E-state index contributed by atoms with van der Waals surface area (Å²) in [7, 11) is -3.15. The van der Waals surface area contributed by atoms with E-state index in [2.05, 4.69) is 22.6 Å². The van der Waals surface area contributed by atoms with E-state index in [0.717, 1.165) is 12.8 Å². The minimum atomic E-state index is -3.15. The Morgan fingerprint density at radius 3 is 2.06 bits per heavy atom. The summed E-state index contributed by atoms with van der Waals surface area (Å²) >= 11 is 2.25. The van der Waals surface area contributed by atoms with Crippen LogP contribution in [0.15, 0.2) is 0 Å². The summed E-state index contributed by atoms with van der Waals surface area (Å²) in [6, 6.07) is 0. The Bertz CT molecular complexity index is 323. The van der Waals surface area contributed by atoms with Crippen LogP contribution < -0.4 is 0 Å². The van der Waals surface area contributed by atoms with E-state index in [0.29, 0.717) is 6.54 Å². The van der Waals surface area contributed by atoms with E-state index in [1.807, 2.05) is 34.6 Å². The average Bonchev–Trinajstić information content (AvgIpc) is 1.97. The molecule has 5 heteroatoms. The van der Waals surface area contributed by atoms with Gasteiger partial charge in [0.1, 0.15) is 0 Å². The molecule has 1 heterocycles. The molecule has 0 saturated carbocycles. The van der Waals surface area contributed by atoms with Crippen molar-refractivity contribution in [3.63, 3.8) is 0 Å². The summed E-state index contributed by atoms with van der Waals surface area (Å²) in [5.41, 5.74) is -0.306. The molecule has 1 saturated heterocycles. The topological polar surface area (TPSA) is 37.4 Å². The maximum Gasteiger partial charge on any atom is 0.218 e. The second kappa shape index (κ2) is 4.39. The first-order valence-electron chi connectivity index (χ1n) is 5.68. The van der Waals surface area contributed by atoms with Gasteiger partial charge in [0, 0.05) is 15.5 Å². The highest BCUT2D eigenvalue weighted by atomic mass is 127. The van der Waals surface area contributed by atoms with E-state index < -0.39 is 10.0 Å². The molecular weight excluding hydrogens is 337 g/mol. The van der Waals surface area contributed by atoms with Gasteiger partial charge in [-0.3, -0.25) is 0 Å². The molecule has 0 aromatic heterocycles. The normalized spacial score (nSPS) is 28.0. The van der Waals surface area contributed by atoms with Gasteiger partial charge >= 0.3 is 0 Å². The van der Waals surface area contributed by atoms with Crippen LogP contribution in [0.3, 0.4) is 0 Å². The minimum absolute atomic E-state index is 0.208. The molecule has 1 atom stereocenters. The van der Waals surface area contributed by atoms with E-state index in [4.69, 9.17) is 0 Å². The highest BCUT2D eigenvalue weighted by molar-refractivity contribution is 14.1. The second-order valence-electron chi connectivity index (χ2n) is 5.98. The van der Waals surface area contributed by atoms with Gasteiger partial charge in [-0.25, -0.2) is 8.42 Å². The Morgan fingerprint density at radius 2 is 1.69 bits per heavy atom. The van der Waals surface area contributed by atoms with Crippen molar-refractivity contribution in [2.75, 3.05) is 6.54 Å². The van der Waals surface area contributed by atoms with Gasteiger partial charge < -0.3 is 0 Å². The van der Waals surface area contributed by atoms with Crippen molar-refractivity contribution in [3.8, 4) is 0 Å². The lowest BCUT2D eigenvalue weighted by atomic mass is 10.0. The van der Waals surface area contributed by atoms with Gasteiger partial charge in [-0.1, -0.05) is 22.6 Å². The summed E-state index contributed by atoms with van der Waals surface area (Å²) in [5, 5.41) is -0.256. The molecule has 0 radical (unpaired) electrons. The van der Waals surface area contributed by atoms with Gasteiger partial charge in [-0.05, 0) is 47.5 Å². The molecule has 0 N–H and O–H groups in total. The van der Waals surface area contributed by atoms with Crippen molar-refractivity contribution in [3.05, 3.63) is 0 Å². The highest BCUT2D eigenvalue weighted by Gasteiger charge is 2.46. The molecule has 1 rings (SSSR count). The number of nitrogens with zero attached hydrogens (tertiary/aromatic N) is 1. The maximum atomic E-state index is 12.5. The summed E-state index contributed by atoms with van der Waals surface area (Å²) in [4.78, 5) is 0. The van der Waals surface area contributed by atoms with Gasteiger partial charge in [0.05, 0.1) is 5.25 Å². The van der Waals surface area contributed by atoms with Crippen molar-refractivity contribution in [2.24, 2.45) is 0 Å². The third-order valence-corrected chi connectivity index (χ3v) is 7.07. The van der Waals surface area contributed by atoms with Crippen LogP contribution in [0.25, 0.3) is 0 Å². The van der Waals surface area contributed by atoms with Crippen molar-refractivity contribution >= 4 is 32.6 Å². The standard InChI is InChI=1S/C11H22INO2S/c1-10(2,3)13-8-6-7-9(11(4,5)12)16(13,14)15/h9H,6-8H2,1-5H3. The Hall–Kier alpha value is 0.640. The van der Waals surface area contributed by atoms with E-state index in [1.54, 1.807) is 4.31 Å². The maximum absolute atomic E-state index is 12.5. The predicted molar refractivity (Wildman–Crippen MR) is 76.5 cm³/mol. The van der Waals surface area contributed by atoms with E-state index in [9.17, 15) is 8.42 Å². The van der Waals surface area contributed by atoms with E-state index in [-0.39, 0.29) is 14.2 Å². The van der Waals surface area contributed by atoms with Crippen molar-refractivity contribution < 1.29 is 8.42 Å². The van der Waals surface area contributed by atoms with Gasteiger partial charge in [0.15, 0.2) is 0 Å². The Balaban J connectivity index is 3.12. The first-order chi connectivity index (χ1) is 6.97. The Labute approximate surface area is 113 Å². The number of rotatable bonds is 1. The molecule has 0 aromatic carbocycles. The van der Waals surface area contributed by atoms with Crippen LogP contribution in [0.5, 0.6) is 0 Å². The van der Waals surface area contributed by atoms with Gasteiger partial charge in [0.2, 0.25) is 10.0 Å². The number of hydrogen-bond donors (Lipinski definition) is 0. The second-order valence-corrected chi connectivity index (χ2v) is 10.8. The summed E-state index contributed by atoms with van der Waals surface area (Å²) < 4.78 is 26.5. The third-order valence-electron chi connectivity index (χ3n) is 3.01.